The number of aromatic nitrogens is 1. The lowest BCUT2D eigenvalue weighted by molar-refractivity contribution is -0.684. The lowest BCUT2D eigenvalue weighted by Crippen LogP contribution is -2.39. The Balaban J connectivity index is 1.99. The van der Waals surface area contributed by atoms with Crippen LogP contribution in [0.3, 0.4) is 0 Å². The first-order chi connectivity index (χ1) is 9.56. The van der Waals surface area contributed by atoms with E-state index in [0.29, 0.717) is 6.54 Å². The highest BCUT2D eigenvalue weighted by atomic mass is 127. The number of rotatable bonds is 4. The van der Waals surface area contributed by atoms with Gasteiger partial charge in [0.05, 0.1) is 5.69 Å². The van der Waals surface area contributed by atoms with Gasteiger partial charge >= 0.3 is 0 Å². The second-order valence-electron chi connectivity index (χ2n) is 4.65. The van der Waals surface area contributed by atoms with Crippen molar-refractivity contribution in [2.24, 2.45) is 0 Å². The summed E-state index contributed by atoms with van der Waals surface area (Å²) in [7, 11) is 3.98. The Kier molecular flexibility index (Phi) is 4.94. The number of para-hydroxylation sites is 1. The van der Waals surface area contributed by atoms with E-state index in [0.717, 1.165) is 14.9 Å². The molecule has 0 radical (unpaired) electrons. The maximum Gasteiger partial charge on any atom is 0.290 e. The molecular formula is C15H17IN3O+. The van der Waals surface area contributed by atoms with Crippen LogP contribution in [-0.2, 0) is 11.3 Å². The van der Waals surface area contributed by atoms with Gasteiger partial charge in [-0.05, 0) is 34.7 Å². The standard InChI is InChI=1S/C15H16IN3O/c1-18(2)12-7-9-19(10-8-12)11-15(20)17-14-6-4-3-5-13(14)16/h3-10H,11H2,1-2H3/p+1. The van der Waals surface area contributed by atoms with E-state index in [1.54, 1.807) is 0 Å². The molecule has 0 aliphatic rings. The lowest BCUT2D eigenvalue weighted by atomic mass is 10.3. The molecular weight excluding hydrogens is 365 g/mol. The van der Waals surface area contributed by atoms with E-state index in [1.807, 2.05) is 72.4 Å². The zero-order valence-electron chi connectivity index (χ0n) is 11.5. The van der Waals surface area contributed by atoms with E-state index in [1.165, 1.54) is 0 Å². The first-order valence-corrected chi connectivity index (χ1v) is 7.35. The van der Waals surface area contributed by atoms with Crippen LogP contribution in [0.5, 0.6) is 0 Å². The molecule has 0 bridgehead atoms. The van der Waals surface area contributed by atoms with Crippen molar-refractivity contribution in [1.29, 1.82) is 0 Å². The van der Waals surface area contributed by atoms with Crippen molar-refractivity contribution in [3.05, 3.63) is 52.4 Å². The van der Waals surface area contributed by atoms with Crippen LogP contribution in [0.1, 0.15) is 0 Å². The van der Waals surface area contributed by atoms with Crippen molar-refractivity contribution in [1.82, 2.24) is 0 Å². The highest BCUT2D eigenvalue weighted by Gasteiger charge is 2.11. The first kappa shape index (κ1) is 14.8. The number of nitrogens with zero attached hydrogens (tertiary/aromatic N) is 2. The maximum absolute atomic E-state index is 12.0. The molecule has 0 fully saturated rings. The van der Waals surface area contributed by atoms with Gasteiger partial charge < -0.3 is 10.2 Å². The molecule has 20 heavy (non-hydrogen) atoms. The fourth-order valence-electron chi connectivity index (χ4n) is 1.77. The molecule has 0 spiro atoms. The minimum absolute atomic E-state index is 0.0308. The van der Waals surface area contributed by atoms with E-state index < -0.39 is 0 Å². The van der Waals surface area contributed by atoms with Crippen molar-refractivity contribution in [2.75, 3.05) is 24.3 Å². The third-order valence-corrected chi connectivity index (χ3v) is 3.80. The van der Waals surface area contributed by atoms with Gasteiger partial charge in [0.2, 0.25) is 6.54 Å². The molecule has 4 nitrogen and oxygen atoms in total. The molecule has 5 heteroatoms. The number of halogens is 1. The fraction of sp³-hybridized carbons (Fsp3) is 0.200. The number of anilines is 2. The SMILES string of the molecule is CN(C)c1cc[n+](CC(=O)Nc2ccccc2I)cc1. The van der Waals surface area contributed by atoms with Crippen LogP contribution in [0.2, 0.25) is 0 Å². The van der Waals surface area contributed by atoms with E-state index in [-0.39, 0.29) is 5.91 Å². The van der Waals surface area contributed by atoms with Gasteiger partial charge in [-0.15, -0.1) is 0 Å². The summed E-state index contributed by atoms with van der Waals surface area (Å²) in [6.07, 6.45) is 3.82. The molecule has 1 heterocycles. The Morgan fingerprint density at radius 2 is 1.85 bits per heavy atom. The summed E-state index contributed by atoms with van der Waals surface area (Å²) >= 11 is 2.21. The maximum atomic E-state index is 12.0. The second-order valence-corrected chi connectivity index (χ2v) is 5.81. The topological polar surface area (TPSA) is 36.2 Å². The average Bonchev–Trinajstić information content (AvgIpc) is 2.42. The minimum Gasteiger partial charge on any atom is -0.377 e. The zero-order chi connectivity index (χ0) is 14.5. The van der Waals surface area contributed by atoms with E-state index in [9.17, 15) is 4.79 Å². The Bertz CT molecular complexity index is 596. The Morgan fingerprint density at radius 3 is 2.45 bits per heavy atom. The average molecular weight is 382 g/mol. The van der Waals surface area contributed by atoms with Crippen LogP contribution in [0.25, 0.3) is 0 Å². The van der Waals surface area contributed by atoms with Crippen molar-refractivity contribution >= 4 is 39.9 Å². The summed E-state index contributed by atoms with van der Waals surface area (Å²) in [6.45, 7) is 0.304. The quantitative estimate of drug-likeness (QED) is 0.651. The highest BCUT2D eigenvalue weighted by Crippen LogP contribution is 2.16. The van der Waals surface area contributed by atoms with Crippen LogP contribution >= 0.6 is 22.6 Å². The van der Waals surface area contributed by atoms with E-state index in [4.69, 9.17) is 0 Å². The van der Waals surface area contributed by atoms with Crippen LogP contribution in [-0.4, -0.2) is 20.0 Å². The number of carbonyl (C=O) groups excluding carboxylic acids is 1. The zero-order valence-corrected chi connectivity index (χ0v) is 13.7. The molecule has 0 atom stereocenters. The largest absolute Gasteiger partial charge is 0.377 e. The molecule has 0 unspecified atom stereocenters. The number of amides is 1. The summed E-state index contributed by atoms with van der Waals surface area (Å²) in [4.78, 5) is 14.0. The molecule has 0 aliphatic heterocycles. The van der Waals surface area contributed by atoms with Crippen molar-refractivity contribution in [3.8, 4) is 0 Å². The monoisotopic (exact) mass is 382 g/mol. The Hall–Kier alpha value is -1.63. The molecule has 1 aromatic carbocycles. The molecule has 104 valence electrons. The van der Waals surface area contributed by atoms with Crippen molar-refractivity contribution in [3.63, 3.8) is 0 Å². The molecule has 0 aliphatic carbocycles. The number of nitrogens with one attached hydrogen (secondary N) is 1. The van der Waals surface area contributed by atoms with Gasteiger partial charge in [-0.1, -0.05) is 12.1 Å². The summed E-state index contributed by atoms with van der Waals surface area (Å²) < 4.78 is 2.89. The molecule has 0 saturated carbocycles. The molecule has 0 saturated heterocycles. The van der Waals surface area contributed by atoms with Gasteiger partial charge in [0.1, 0.15) is 0 Å². The Morgan fingerprint density at radius 1 is 1.20 bits per heavy atom. The summed E-state index contributed by atoms with van der Waals surface area (Å²) in [5, 5.41) is 2.92. The summed E-state index contributed by atoms with van der Waals surface area (Å²) in [6, 6.07) is 11.7. The van der Waals surface area contributed by atoms with Crippen molar-refractivity contribution < 1.29 is 9.36 Å². The number of carbonyl (C=O) groups is 1. The Labute approximate surface area is 132 Å². The van der Waals surface area contributed by atoms with Gasteiger partial charge in [-0.2, -0.15) is 4.57 Å². The third-order valence-electron chi connectivity index (χ3n) is 2.86. The molecule has 2 aromatic rings. The summed E-state index contributed by atoms with van der Waals surface area (Å²) in [5.74, 6) is -0.0308. The smallest absolute Gasteiger partial charge is 0.290 e. The molecule has 1 N–H and O–H groups in total. The number of pyridine rings is 1. The number of hydrogen-bond acceptors (Lipinski definition) is 2. The van der Waals surface area contributed by atoms with Gasteiger partial charge in [-0.3, -0.25) is 4.79 Å². The predicted molar refractivity (Wildman–Crippen MR) is 88.8 cm³/mol. The number of benzene rings is 1. The minimum atomic E-state index is -0.0308. The van der Waals surface area contributed by atoms with Crippen LogP contribution in [0.15, 0.2) is 48.8 Å². The van der Waals surface area contributed by atoms with Crippen LogP contribution in [0.4, 0.5) is 11.4 Å². The van der Waals surface area contributed by atoms with Gasteiger partial charge in [0.25, 0.3) is 5.91 Å². The van der Waals surface area contributed by atoms with Gasteiger partial charge in [0.15, 0.2) is 12.4 Å². The molecule has 2 rings (SSSR count). The predicted octanol–water partition coefficient (Wildman–Crippen LogP) is 2.28. The van der Waals surface area contributed by atoms with E-state index in [2.05, 4.69) is 27.9 Å². The van der Waals surface area contributed by atoms with E-state index >= 15 is 0 Å². The third kappa shape index (κ3) is 3.93. The number of hydrogen-bond donors (Lipinski definition) is 1. The normalized spacial score (nSPS) is 10.2. The molecule has 1 amide bonds. The second kappa shape index (κ2) is 6.69. The first-order valence-electron chi connectivity index (χ1n) is 6.27. The summed E-state index contributed by atoms with van der Waals surface area (Å²) in [5.41, 5.74) is 1.96. The lowest BCUT2D eigenvalue weighted by Gasteiger charge is -2.10. The molecule has 1 aromatic heterocycles. The van der Waals surface area contributed by atoms with Crippen LogP contribution < -0.4 is 14.8 Å². The van der Waals surface area contributed by atoms with Gasteiger partial charge in [0, 0.05) is 35.5 Å². The highest BCUT2D eigenvalue weighted by molar-refractivity contribution is 14.1. The van der Waals surface area contributed by atoms with Gasteiger partial charge in [-0.25, -0.2) is 0 Å². The fourth-order valence-corrected chi connectivity index (χ4v) is 2.29. The van der Waals surface area contributed by atoms with Crippen LogP contribution in [0, 0.1) is 3.57 Å². The van der Waals surface area contributed by atoms with Crippen molar-refractivity contribution in [2.45, 2.75) is 6.54 Å².